The van der Waals surface area contributed by atoms with E-state index in [1.165, 1.54) is 11.6 Å². The van der Waals surface area contributed by atoms with E-state index in [2.05, 4.69) is 20.9 Å². The van der Waals surface area contributed by atoms with E-state index in [0.29, 0.717) is 17.1 Å². The maximum atomic E-state index is 12.9. The molecule has 4 rings (SSSR count). The Morgan fingerprint density at radius 3 is 2.44 bits per heavy atom. The van der Waals surface area contributed by atoms with Crippen LogP contribution in [0.2, 0.25) is 0 Å². The summed E-state index contributed by atoms with van der Waals surface area (Å²) in [4.78, 5) is 41.9. The molecule has 1 fully saturated rings. The Morgan fingerprint density at radius 2 is 1.76 bits per heavy atom. The SMILES string of the molecule is Cn1c2c(c(=O)n(C)c1=O)C(c1ccc(Br)cc1)C1C(=O)OCC1=N2. The highest BCUT2D eigenvalue weighted by molar-refractivity contribution is 9.10. The number of carbonyl (C=O) groups is 1. The molecular weight excluding hydrogens is 390 g/mol. The van der Waals surface area contributed by atoms with E-state index < -0.39 is 29.1 Å². The smallest absolute Gasteiger partial charge is 0.332 e. The highest BCUT2D eigenvalue weighted by Gasteiger charge is 2.46. The third-order valence-corrected chi connectivity index (χ3v) is 5.29. The molecule has 8 heteroatoms. The molecule has 2 aliphatic heterocycles. The number of fused-ring (bicyclic) bond motifs is 2. The fourth-order valence-electron chi connectivity index (χ4n) is 3.49. The largest absolute Gasteiger partial charge is 0.459 e. The molecule has 0 spiro atoms. The van der Waals surface area contributed by atoms with Crippen molar-refractivity contribution < 1.29 is 9.53 Å². The van der Waals surface area contributed by atoms with E-state index in [1.54, 1.807) is 7.05 Å². The lowest BCUT2D eigenvalue weighted by Crippen LogP contribution is -2.43. The number of nitrogens with zero attached hydrogens (tertiary/aromatic N) is 3. The molecule has 2 unspecified atom stereocenters. The predicted octanol–water partition coefficient (Wildman–Crippen LogP) is 1.24. The van der Waals surface area contributed by atoms with Gasteiger partial charge in [-0.2, -0.15) is 0 Å². The monoisotopic (exact) mass is 403 g/mol. The standard InChI is InChI=1S/C17H14BrN3O4/c1-20-14-13(15(22)21(2)17(20)24)11(8-3-5-9(18)6-4-8)12-10(19-14)7-25-16(12)23/h3-6,11-12H,7H2,1-2H3. The number of hydrogen-bond acceptors (Lipinski definition) is 5. The molecule has 1 aromatic carbocycles. The van der Waals surface area contributed by atoms with Crippen molar-refractivity contribution in [3.05, 3.63) is 60.7 Å². The van der Waals surface area contributed by atoms with Crippen LogP contribution in [-0.4, -0.2) is 27.4 Å². The zero-order valence-electron chi connectivity index (χ0n) is 13.5. The zero-order valence-corrected chi connectivity index (χ0v) is 15.1. The number of esters is 1. The number of hydrogen-bond donors (Lipinski definition) is 0. The van der Waals surface area contributed by atoms with Crippen LogP contribution in [-0.2, 0) is 23.6 Å². The minimum atomic E-state index is -0.640. The van der Waals surface area contributed by atoms with Crippen LogP contribution in [0.5, 0.6) is 0 Å². The normalized spacial score (nSPS) is 21.4. The first kappa shape index (κ1) is 16.0. The molecule has 2 aliphatic rings. The second-order valence-electron chi connectivity index (χ2n) is 6.16. The summed E-state index contributed by atoms with van der Waals surface area (Å²) in [6, 6.07) is 7.43. The number of carbonyl (C=O) groups excluding carboxylic acids is 1. The van der Waals surface area contributed by atoms with Crippen molar-refractivity contribution in [3.8, 4) is 0 Å². The molecule has 0 bridgehead atoms. The van der Waals surface area contributed by atoms with E-state index in [0.717, 1.165) is 14.6 Å². The van der Waals surface area contributed by atoms with Crippen LogP contribution < -0.4 is 11.2 Å². The number of cyclic esters (lactones) is 1. The Bertz CT molecular complexity index is 1050. The number of benzene rings is 1. The Kier molecular flexibility index (Phi) is 3.54. The van der Waals surface area contributed by atoms with E-state index in [-0.39, 0.29) is 6.61 Å². The van der Waals surface area contributed by atoms with Gasteiger partial charge in [-0.25, -0.2) is 9.79 Å². The molecule has 1 saturated heterocycles. The van der Waals surface area contributed by atoms with Gasteiger partial charge in [-0.1, -0.05) is 28.1 Å². The van der Waals surface area contributed by atoms with Gasteiger partial charge in [-0.15, -0.1) is 0 Å². The van der Waals surface area contributed by atoms with Crippen molar-refractivity contribution in [2.75, 3.05) is 6.61 Å². The predicted molar refractivity (Wildman–Crippen MR) is 94.5 cm³/mol. The van der Waals surface area contributed by atoms with Gasteiger partial charge in [0.1, 0.15) is 18.3 Å². The fourth-order valence-corrected chi connectivity index (χ4v) is 3.75. The summed E-state index contributed by atoms with van der Waals surface area (Å²) in [5.74, 6) is -1.27. The Balaban J connectivity index is 2.08. The molecule has 1 aromatic heterocycles. The molecule has 2 aromatic rings. The van der Waals surface area contributed by atoms with Crippen molar-refractivity contribution in [1.82, 2.24) is 9.13 Å². The maximum absolute atomic E-state index is 12.9. The lowest BCUT2D eigenvalue weighted by Gasteiger charge is -2.28. The van der Waals surface area contributed by atoms with Crippen LogP contribution in [0.1, 0.15) is 17.0 Å². The maximum Gasteiger partial charge on any atom is 0.332 e. The summed E-state index contributed by atoms with van der Waals surface area (Å²) >= 11 is 3.39. The number of aromatic nitrogens is 2. The van der Waals surface area contributed by atoms with Crippen LogP contribution >= 0.6 is 15.9 Å². The molecule has 3 heterocycles. The second-order valence-corrected chi connectivity index (χ2v) is 7.08. The summed E-state index contributed by atoms with van der Waals surface area (Å²) in [6.07, 6.45) is 0. The minimum Gasteiger partial charge on any atom is -0.459 e. The molecule has 0 aliphatic carbocycles. The van der Waals surface area contributed by atoms with Crippen molar-refractivity contribution >= 4 is 33.4 Å². The van der Waals surface area contributed by atoms with Crippen LogP contribution in [0.25, 0.3) is 0 Å². The van der Waals surface area contributed by atoms with Gasteiger partial charge in [-0.3, -0.25) is 18.7 Å². The molecule has 0 N–H and O–H groups in total. The summed E-state index contributed by atoms with van der Waals surface area (Å²) < 4.78 is 8.45. The molecule has 25 heavy (non-hydrogen) atoms. The minimum absolute atomic E-state index is 0.0827. The number of rotatable bonds is 1. The molecule has 2 atom stereocenters. The topological polar surface area (TPSA) is 82.7 Å². The van der Waals surface area contributed by atoms with E-state index in [4.69, 9.17) is 4.74 Å². The van der Waals surface area contributed by atoms with E-state index in [1.807, 2.05) is 24.3 Å². The average Bonchev–Trinajstić information content (AvgIpc) is 2.98. The lowest BCUT2D eigenvalue weighted by atomic mass is 9.78. The van der Waals surface area contributed by atoms with Crippen molar-refractivity contribution in [1.29, 1.82) is 0 Å². The first-order valence-electron chi connectivity index (χ1n) is 7.69. The summed E-state index contributed by atoms with van der Waals surface area (Å²) in [5.41, 5.74) is 0.810. The van der Waals surface area contributed by atoms with Crippen molar-refractivity contribution in [2.45, 2.75) is 5.92 Å². The Labute approximate surface area is 150 Å². The Hall–Kier alpha value is -2.48. The molecule has 0 radical (unpaired) electrons. The van der Waals surface area contributed by atoms with Gasteiger partial charge in [0, 0.05) is 24.5 Å². The fraction of sp³-hybridized carbons (Fsp3) is 0.294. The van der Waals surface area contributed by atoms with Crippen LogP contribution in [0.15, 0.2) is 43.3 Å². The van der Waals surface area contributed by atoms with Gasteiger partial charge >= 0.3 is 11.7 Å². The van der Waals surface area contributed by atoms with Gasteiger partial charge in [0.15, 0.2) is 0 Å². The Morgan fingerprint density at radius 1 is 1.08 bits per heavy atom. The quantitative estimate of drug-likeness (QED) is 0.670. The van der Waals surface area contributed by atoms with Crippen molar-refractivity contribution in [2.24, 2.45) is 25.0 Å². The number of aliphatic imine (C=N–C) groups is 1. The third-order valence-electron chi connectivity index (χ3n) is 4.77. The highest BCUT2D eigenvalue weighted by atomic mass is 79.9. The van der Waals surface area contributed by atoms with Gasteiger partial charge in [0.25, 0.3) is 5.56 Å². The summed E-state index contributed by atoms with van der Waals surface area (Å²) in [7, 11) is 3.00. The van der Waals surface area contributed by atoms with E-state index >= 15 is 0 Å². The number of ether oxygens (including phenoxy) is 1. The summed E-state index contributed by atoms with van der Waals surface area (Å²) in [6.45, 7) is 0.0827. The molecule has 7 nitrogen and oxygen atoms in total. The van der Waals surface area contributed by atoms with Gasteiger partial charge < -0.3 is 4.74 Å². The van der Waals surface area contributed by atoms with Crippen LogP contribution in [0, 0.1) is 5.92 Å². The van der Waals surface area contributed by atoms with Gasteiger partial charge in [-0.05, 0) is 17.7 Å². The highest BCUT2D eigenvalue weighted by Crippen LogP contribution is 2.42. The lowest BCUT2D eigenvalue weighted by molar-refractivity contribution is -0.141. The number of halogens is 1. The first-order chi connectivity index (χ1) is 11.9. The van der Waals surface area contributed by atoms with Gasteiger partial charge in [0.05, 0.1) is 11.3 Å². The molecule has 128 valence electrons. The van der Waals surface area contributed by atoms with Crippen LogP contribution in [0.3, 0.4) is 0 Å². The molecule has 0 amide bonds. The van der Waals surface area contributed by atoms with Crippen LogP contribution in [0.4, 0.5) is 5.82 Å². The first-order valence-corrected chi connectivity index (χ1v) is 8.49. The van der Waals surface area contributed by atoms with E-state index in [9.17, 15) is 14.4 Å². The zero-order chi connectivity index (χ0) is 17.9. The molecule has 0 saturated carbocycles. The summed E-state index contributed by atoms with van der Waals surface area (Å²) in [5, 5.41) is 0. The molecular formula is C17H14BrN3O4. The second kappa shape index (κ2) is 5.52. The average molecular weight is 404 g/mol. The van der Waals surface area contributed by atoms with Gasteiger partial charge in [0.2, 0.25) is 0 Å². The third kappa shape index (κ3) is 2.24. The van der Waals surface area contributed by atoms with Crippen molar-refractivity contribution in [3.63, 3.8) is 0 Å².